The molecule has 0 N–H and O–H groups in total. The van der Waals surface area contributed by atoms with Crippen LogP contribution in [0.5, 0.6) is 17.2 Å². The molecule has 3 aliphatic heterocycles. The van der Waals surface area contributed by atoms with Gasteiger partial charge in [0.25, 0.3) is 0 Å². The van der Waals surface area contributed by atoms with Crippen molar-refractivity contribution < 1.29 is 14.2 Å². The number of benzene rings is 3. The van der Waals surface area contributed by atoms with Gasteiger partial charge in [-0.1, -0.05) is 51.3 Å². The Labute approximate surface area is 197 Å². The molecule has 0 spiro atoms. The van der Waals surface area contributed by atoms with Crippen molar-refractivity contribution in [2.24, 2.45) is 5.10 Å². The Morgan fingerprint density at radius 3 is 2.61 bits per heavy atom. The van der Waals surface area contributed by atoms with Crippen LogP contribution in [0.1, 0.15) is 35.4 Å². The quantitative estimate of drug-likeness (QED) is 0.378. The van der Waals surface area contributed by atoms with Crippen molar-refractivity contribution in [1.82, 2.24) is 5.01 Å². The molecule has 3 aliphatic rings. The first-order chi connectivity index (χ1) is 15.1. The summed E-state index contributed by atoms with van der Waals surface area (Å²) in [4.78, 5) is 0. The van der Waals surface area contributed by atoms with E-state index < -0.39 is 6.23 Å². The third-order valence-electron chi connectivity index (χ3n) is 5.67. The van der Waals surface area contributed by atoms with Crippen molar-refractivity contribution in [1.29, 1.82) is 0 Å². The second-order valence-electron chi connectivity index (χ2n) is 7.54. The Bertz CT molecular complexity index is 1230. The van der Waals surface area contributed by atoms with Gasteiger partial charge >= 0.3 is 0 Å². The smallest absolute Gasteiger partial charge is 0.231 e. The van der Waals surface area contributed by atoms with Crippen molar-refractivity contribution in [3.8, 4) is 17.2 Å². The maximum absolute atomic E-state index is 6.54. The summed E-state index contributed by atoms with van der Waals surface area (Å²) in [5, 5.41) is 8.03. The highest BCUT2D eigenvalue weighted by atomic mass is 79.9. The summed E-state index contributed by atoms with van der Waals surface area (Å²) in [6.07, 6.45) is 0.258. The van der Waals surface area contributed by atoms with Gasteiger partial charge in [0.05, 0.1) is 16.8 Å². The minimum absolute atomic E-state index is 0.0472. The van der Waals surface area contributed by atoms with E-state index in [2.05, 4.69) is 28.1 Å². The van der Waals surface area contributed by atoms with Crippen LogP contribution in [0, 0.1) is 0 Å². The van der Waals surface area contributed by atoms with Crippen molar-refractivity contribution in [2.45, 2.75) is 18.7 Å². The molecule has 6 rings (SSSR count). The van der Waals surface area contributed by atoms with Crippen LogP contribution in [0.4, 0.5) is 0 Å². The van der Waals surface area contributed by atoms with E-state index in [1.54, 1.807) is 6.07 Å². The van der Waals surface area contributed by atoms with Crippen LogP contribution in [0.25, 0.3) is 0 Å². The van der Waals surface area contributed by atoms with Gasteiger partial charge in [-0.2, -0.15) is 5.10 Å². The number of ether oxygens (including phenoxy) is 3. The minimum atomic E-state index is -0.460. The topological polar surface area (TPSA) is 43.3 Å². The van der Waals surface area contributed by atoms with E-state index in [-0.39, 0.29) is 12.8 Å². The molecule has 0 radical (unpaired) electrons. The second kappa shape index (κ2) is 7.33. The molecule has 156 valence electrons. The first kappa shape index (κ1) is 19.3. The molecule has 8 heteroatoms. The van der Waals surface area contributed by atoms with Crippen LogP contribution in [0.15, 0.2) is 64.2 Å². The fourth-order valence-electron chi connectivity index (χ4n) is 4.22. The SMILES string of the molecule is Clc1cc(Cl)c2c(c1)[C@@H]1CC(c3ccc(Br)cc3)=NN1[C@H](c1ccc3c(c1)OCO3)O2. The molecule has 0 aliphatic carbocycles. The Morgan fingerprint density at radius 2 is 1.77 bits per heavy atom. The molecule has 5 nitrogen and oxygen atoms in total. The van der Waals surface area contributed by atoms with Gasteiger partial charge in [0, 0.05) is 27.0 Å². The molecule has 3 heterocycles. The monoisotopic (exact) mass is 516 g/mol. The zero-order chi connectivity index (χ0) is 21.1. The van der Waals surface area contributed by atoms with Crippen LogP contribution in [0.2, 0.25) is 10.0 Å². The maximum atomic E-state index is 6.54. The molecule has 0 bridgehead atoms. The van der Waals surface area contributed by atoms with Crippen molar-refractivity contribution >= 4 is 44.8 Å². The van der Waals surface area contributed by atoms with Gasteiger partial charge in [-0.15, -0.1) is 0 Å². The molecule has 2 atom stereocenters. The molecule has 0 saturated heterocycles. The van der Waals surface area contributed by atoms with Gasteiger partial charge in [0.2, 0.25) is 13.0 Å². The average molecular weight is 518 g/mol. The van der Waals surface area contributed by atoms with Gasteiger partial charge in [-0.3, -0.25) is 0 Å². The highest BCUT2D eigenvalue weighted by Crippen LogP contribution is 2.51. The summed E-state index contributed by atoms with van der Waals surface area (Å²) in [5.41, 5.74) is 3.89. The van der Waals surface area contributed by atoms with Gasteiger partial charge in [0.15, 0.2) is 11.5 Å². The highest BCUT2D eigenvalue weighted by molar-refractivity contribution is 9.10. The Hall–Kier alpha value is -2.41. The average Bonchev–Trinajstić information content (AvgIpc) is 3.41. The summed E-state index contributed by atoms with van der Waals surface area (Å²) in [6, 6.07) is 17.5. The summed E-state index contributed by atoms with van der Waals surface area (Å²) in [5.74, 6) is 2.06. The van der Waals surface area contributed by atoms with E-state index in [9.17, 15) is 0 Å². The lowest BCUT2D eigenvalue weighted by Crippen LogP contribution is -2.33. The molecule has 31 heavy (non-hydrogen) atoms. The molecule has 0 saturated carbocycles. The Morgan fingerprint density at radius 1 is 0.968 bits per heavy atom. The number of halogens is 3. The van der Waals surface area contributed by atoms with Crippen molar-refractivity contribution in [2.75, 3.05) is 6.79 Å². The molecule has 0 unspecified atom stereocenters. The Balaban J connectivity index is 1.47. The third-order valence-corrected chi connectivity index (χ3v) is 6.69. The molecule has 0 aromatic heterocycles. The van der Waals surface area contributed by atoms with Crippen LogP contribution in [-0.4, -0.2) is 17.5 Å². The number of hydrogen-bond acceptors (Lipinski definition) is 5. The van der Waals surface area contributed by atoms with Crippen molar-refractivity contribution in [3.05, 3.63) is 85.8 Å². The lowest BCUT2D eigenvalue weighted by molar-refractivity contribution is -0.0190. The van der Waals surface area contributed by atoms with Crippen LogP contribution >= 0.6 is 39.1 Å². The molecule has 0 amide bonds. The highest BCUT2D eigenvalue weighted by Gasteiger charge is 2.42. The number of nitrogens with zero attached hydrogens (tertiary/aromatic N) is 2. The van der Waals surface area contributed by atoms with E-state index in [4.69, 9.17) is 42.5 Å². The van der Waals surface area contributed by atoms with Gasteiger partial charge in [-0.05, 0) is 48.0 Å². The first-order valence-electron chi connectivity index (χ1n) is 9.74. The van der Waals surface area contributed by atoms with Crippen LogP contribution in [0.3, 0.4) is 0 Å². The third kappa shape index (κ3) is 3.25. The van der Waals surface area contributed by atoms with Gasteiger partial charge < -0.3 is 14.2 Å². The number of hydrazone groups is 1. The van der Waals surface area contributed by atoms with E-state index in [0.717, 1.165) is 39.0 Å². The fourth-order valence-corrected chi connectivity index (χ4v) is 5.04. The summed E-state index contributed by atoms with van der Waals surface area (Å²) < 4.78 is 18.5. The number of fused-ring (bicyclic) bond motifs is 4. The van der Waals surface area contributed by atoms with E-state index in [0.29, 0.717) is 21.5 Å². The zero-order valence-corrected chi connectivity index (χ0v) is 19.1. The van der Waals surface area contributed by atoms with Crippen LogP contribution < -0.4 is 14.2 Å². The fraction of sp³-hybridized carbons (Fsp3) is 0.174. The standard InChI is InChI=1S/C23H15BrCl2N2O3/c24-14-4-1-12(2-5-14)18-10-19-16-8-15(25)9-17(26)22(16)31-23(28(19)27-18)13-3-6-20-21(7-13)30-11-29-20/h1-9,19,23H,10-11H2/t19-,23-/m0/s1. The molecule has 3 aromatic carbocycles. The lowest BCUT2D eigenvalue weighted by atomic mass is 9.96. The number of hydrogen-bond donors (Lipinski definition) is 0. The summed E-state index contributed by atoms with van der Waals surface area (Å²) in [6.45, 7) is 0.218. The van der Waals surface area contributed by atoms with E-state index in [1.165, 1.54) is 0 Å². The zero-order valence-electron chi connectivity index (χ0n) is 16.0. The van der Waals surface area contributed by atoms with Gasteiger partial charge in [0.1, 0.15) is 5.75 Å². The summed E-state index contributed by atoms with van der Waals surface area (Å²) >= 11 is 16.4. The molecule has 3 aromatic rings. The van der Waals surface area contributed by atoms with Crippen LogP contribution in [-0.2, 0) is 0 Å². The molecular weight excluding hydrogens is 503 g/mol. The largest absolute Gasteiger partial charge is 0.463 e. The predicted molar refractivity (Wildman–Crippen MR) is 122 cm³/mol. The maximum Gasteiger partial charge on any atom is 0.231 e. The second-order valence-corrected chi connectivity index (χ2v) is 9.30. The van der Waals surface area contributed by atoms with E-state index in [1.807, 2.05) is 41.4 Å². The summed E-state index contributed by atoms with van der Waals surface area (Å²) in [7, 11) is 0. The number of rotatable bonds is 2. The van der Waals surface area contributed by atoms with Gasteiger partial charge in [-0.25, -0.2) is 5.01 Å². The lowest BCUT2D eigenvalue weighted by Gasteiger charge is -2.38. The Kier molecular flexibility index (Phi) is 4.56. The predicted octanol–water partition coefficient (Wildman–Crippen LogP) is 6.73. The first-order valence-corrected chi connectivity index (χ1v) is 11.3. The normalized spacial score (nSPS) is 20.7. The van der Waals surface area contributed by atoms with Crippen molar-refractivity contribution in [3.63, 3.8) is 0 Å². The molecular formula is C23H15BrCl2N2O3. The van der Waals surface area contributed by atoms with E-state index >= 15 is 0 Å². The minimum Gasteiger partial charge on any atom is -0.463 e. The molecule has 0 fully saturated rings.